The van der Waals surface area contributed by atoms with Gasteiger partial charge in [0.05, 0.1) is 6.61 Å². The molecular formula is C16H20N2OS. The predicted molar refractivity (Wildman–Crippen MR) is 84.6 cm³/mol. The van der Waals surface area contributed by atoms with Crippen LogP contribution in [0.2, 0.25) is 0 Å². The van der Waals surface area contributed by atoms with Gasteiger partial charge in [0.25, 0.3) is 0 Å². The van der Waals surface area contributed by atoms with Crippen molar-refractivity contribution in [3.8, 4) is 17.1 Å². The van der Waals surface area contributed by atoms with Crippen molar-refractivity contribution in [1.29, 1.82) is 0 Å². The Morgan fingerprint density at radius 3 is 2.80 bits per heavy atom. The van der Waals surface area contributed by atoms with Gasteiger partial charge in [-0.25, -0.2) is 4.98 Å². The fourth-order valence-electron chi connectivity index (χ4n) is 2.09. The number of H-pyrrole nitrogens is 1. The van der Waals surface area contributed by atoms with Crippen molar-refractivity contribution < 1.29 is 4.74 Å². The number of rotatable bonds is 5. The van der Waals surface area contributed by atoms with E-state index in [1.807, 2.05) is 37.3 Å². The first-order chi connectivity index (χ1) is 9.58. The third kappa shape index (κ3) is 3.90. The van der Waals surface area contributed by atoms with Crippen LogP contribution in [0.3, 0.4) is 0 Å². The van der Waals surface area contributed by atoms with Gasteiger partial charge in [-0.1, -0.05) is 38.2 Å². The zero-order chi connectivity index (χ0) is 14.5. The standard InChI is InChI=1S/C16H20N2OS/c1-4-19-14-7-5-6-12(9-14)16-17-13(8-11(2)3)10-15(20)18-16/h5-7,9-11H,4,8H2,1-3H3,(H,17,18,20). The van der Waals surface area contributed by atoms with Crippen molar-refractivity contribution in [2.75, 3.05) is 6.61 Å². The lowest BCUT2D eigenvalue weighted by Gasteiger charge is -2.09. The molecule has 2 aromatic rings. The zero-order valence-electron chi connectivity index (χ0n) is 12.1. The lowest BCUT2D eigenvalue weighted by Crippen LogP contribution is -2.01. The second-order valence-corrected chi connectivity index (χ2v) is 5.57. The summed E-state index contributed by atoms with van der Waals surface area (Å²) in [5, 5.41) is 0. The Kier molecular flexibility index (Phi) is 4.90. The second kappa shape index (κ2) is 6.66. The van der Waals surface area contributed by atoms with Crippen LogP contribution in [-0.4, -0.2) is 16.6 Å². The molecule has 2 rings (SSSR count). The molecule has 20 heavy (non-hydrogen) atoms. The first-order valence-electron chi connectivity index (χ1n) is 6.92. The van der Waals surface area contributed by atoms with Crippen LogP contribution in [0.15, 0.2) is 30.3 Å². The van der Waals surface area contributed by atoms with E-state index in [1.54, 1.807) is 0 Å². The Morgan fingerprint density at radius 1 is 1.30 bits per heavy atom. The van der Waals surface area contributed by atoms with E-state index in [2.05, 4.69) is 23.8 Å². The van der Waals surface area contributed by atoms with Crippen LogP contribution in [0.25, 0.3) is 11.4 Å². The normalized spacial score (nSPS) is 10.8. The Hall–Kier alpha value is -1.68. The van der Waals surface area contributed by atoms with Crippen molar-refractivity contribution in [3.63, 3.8) is 0 Å². The molecule has 106 valence electrons. The lowest BCUT2D eigenvalue weighted by atomic mass is 10.1. The number of hydrogen-bond acceptors (Lipinski definition) is 3. The molecule has 1 aromatic carbocycles. The van der Waals surface area contributed by atoms with Crippen LogP contribution in [0.1, 0.15) is 26.5 Å². The molecule has 0 fully saturated rings. The lowest BCUT2D eigenvalue weighted by molar-refractivity contribution is 0.340. The number of nitrogens with zero attached hydrogens (tertiary/aromatic N) is 1. The molecule has 0 radical (unpaired) electrons. The van der Waals surface area contributed by atoms with Crippen LogP contribution in [0.5, 0.6) is 5.75 Å². The van der Waals surface area contributed by atoms with Gasteiger partial charge >= 0.3 is 0 Å². The molecule has 0 atom stereocenters. The molecular weight excluding hydrogens is 268 g/mol. The first-order valence-corrected chi connectivity index (χ1v) is 7.32. The van der Waals surface area contributed by atoms with Gasteiger partial charge in [-0.2, -0.15) is 0 Å². The molecule has 0 unspecified atom stereocenters. The minimum Gasteiger partial charge on any atom is -0.494 e. The zero-order valence-corrected chi connectivity index (χ0v) is 13.0. The Morgan fingerprint density at radius 2 is 2.10 bits per heavy atom. The van der Waals surface area contributed by atoms with Gasteiger partial charge in [0.1, 0.15) is 16.2 Å². The summed E-state index contributed by atoms with van der Waals surface area (Å²) < 4.78 is 6.15. The van der Waals surface area contributed by atoms with E-state index in [-0.39, 0.29) is 0 Å². The summed E-state index contributed by atoms with van der Waals surface area (Å²) in [5.41, 5.74) is 2.12. The minimum absolute atomic E-state index is 0.575. The average Bonchev–Trinajstić information content (AvgIpc) is 2.38. The van der Waals surface area contributed by atoms with E-state index >= 15 is 0 Å². The van der Waals surface area contributed by atoms with Crippen LogP contribution in [0.4, 0.5) is 0 Å². The Balaban J connectivity index is 2.39. The van der Waals surface area contributed by atoms with E-state index in [4.69, 9.17) is 17.0 Å². The van der Waals surface area contributed by atoms with Crippen LogP contribution >= 0.6 is 12.2 Å². The molecule has 0 amide bonds. The summed E-state index contributed by atoms with van der Waals surface area (Å²) in [6.07, 6.45) is 0.963. The van der Waals surface area contributed by atoms with Gasteiger partial charge in [0.15, 0.2) is 0 Å². The predicted octanol–water partition coefficient (Wildman–Crippen LogP) is 4.40. The molecule has 1 heterocycles. The molecule has 1 N–H and O–H groups in total. The number of aromatic amines is 1. The fourth-order valence-corrected chi connectivity index (χ4v) is 2.33. The fraction of sp³-hybridized carbons (Fsp3) is 0.375. The molecule has 0 aliphatic rings. The number of nitrogens with one attached hydrogen (secondary N) is 1. The van der Waals surface area contributed by atoms with Gasteiger partial charge in [-0.3, -0.25) is 0 Å². The third-order valence-corrected chi connectivity index (χ3v) is 3.05. The van der Waals surface area contributed by atoms with Crippen molar-refractivity contribution in [2.24, 2.45) is 5.92 Å². The first kappa shape index (κ1) is 14.7. The van der Waals surface area contributed by atoms with E-state index in [9.17, 15) is 0 Å². The maximum atomic E-state index is 5.53. The highest BCUT2D eigenvalue weighted by Gasteiger charge is 2.05. The van der Waals surface area contributed by atoms with E-state index < -0.39 is 0 Å². The number of aromatic nitrogens is 2. The van der Waals surface area contributed by atoms with E-state index in [0.717, 1.165) is 29.3 Å². The highest BCUT2D eigenvalue weighted by atomic mass is 32.1. The highest BCUT2D eigenvalue weighted by Crippen LogP contribution is 2.21. The molecule has 0 spiro atoms. The summed E-state index contributed by atoms with van der Waals surface area (Å²) in [6.45, 7) is 7.00. The summed E-state index contributed by atoms with van der Waals surface area (Å²) in [6, 6.07) is 9.84. The highest BCUT2D eigenvalue weighted by molar-refractivity contribution is 7.71. The topological polar surface area (TPSA) is 37.9 Å². The number of ether oxygens (including phenoxy) is 1. The minimum atomic E-state index is 0.575. The van der Waals surface area contributed by atoms with Gasteiger partial charge < -0.3 is 9.72 Å². The summed E-state index contributed by atoms with van der Waals surface area (Å²) in [5.74, 6) is 2.22. The number of benzene rings is 1. The van der Waals surface area contributed by atoms with Crippen molar-refractivity contribution in [1.82, 2.24) is 9.97 Å². The molecule has 0 saturated heterocycles. The SMILES string of the molecule is CCOc1cccc(-c2nc(=S)cc(CC(C)C)[nH]2)c1. The quantitative estimate of drug-likeness (QED) is 0.828. The van der Waals surface area contributed by atoms with Gasteiger partial charge in [-0.15, -0.1) is 0 Å². The number of hydrogen-bond donors (Lipinski definition) is 1. The van der Waals surface area contributed by atoms with Gasteiger partial charge in [-0.05, 0) is 37.5 Å². The molecule has 0 aliphatic heterocycles. The third-order valence-electron chi connectivity index (χ3n) is 2.85. The monoisotopic (exact) mass is 288 g/mol. The van der Waals surface area contributed by atoms with E-state index in [1.165, 1.54) is 0 Å². The molecule has 0 bridgehead atoms. The van der Waals surface area contributed by atoms with Crippen LogP contribution < -0.4 is 4.74 Å². The molecule has 0 aliphatic carbocycles. The van der Waals surface area contributed by atoms with Crippen molar-refractivity contribution in [3.05, 3.63) is 40.7 Å². The Bertz CT molecular complexity index is 634. The molecule has 0 saturated carbocycles. The van der Waals surface area contributed by atoms with Crippen molar-refractivity contribution in [2.45, 2.75) is 27.2 Å². The Labute approximate surface area is 125 Å². The van der Waals surface area contributed by atoms with Crippen molar-refractivity contribution >= 4 is 12.2 Å². The van der Waals surface area contributed by atoms with Gasteiger partial charge in [0, 0.05) is 11.3 Å². The van der Waals surface area contributed by atoms with Gasteiger partial charge in [0.2, 0.25) is 0 Å². The van der Waals surface area contributed by atoms with E-state index in [0.29, 0.717) is 17.2 Å². The smallest absolute Gasteiger partial charge is 0.139 e. The maximum absolute atomic E-state index is 5.53. The summed E-state index contributed by atoms with van der Waals surface area (Å²) in [4.78, 5) is 7.79. The summed E-state index contributed by atoms with van der Waals surface area (Å²) in [7, 11) is 0. The molecule has 4 heteroatoms. The average molecular weight is 288 g/mol. The largest absolute Gasteiger partial charge is 0.494 e. The maximum Gasteiger partial charge on any atom is 0.139 e. The summed E-state index contributed by atoms with van der Waals surface area (Å²) >= 11 is 5.26. The molecule has 3 nitrogen and oxygen atoms in total. The van der Waals surface area contributed by atoms with Crippen LogP contribution in [0, 0.1) is 10.6 Å². The van der Waals surface area contributed by atoms with Crippen LogP contribution in [-0.2, 0) is 6.42 Å². The second-order valence-electron chi connectivity index (χ2n) is 5.15. The molecule has 1 aromatic heterocycles.